The van der Waals surface area contributed by atoms with Crippen LogP contribution in [0.5, 0.6) is 0 Å². The van der Waals surface area contributed by atoms with Gasteiger partial charge >= 0.3 is 0 Å². The average Bonchev–Trinajstić information content (AvgIpc) is 1.95. The van der Waals surface area contributed by atoms with E-state index in [1.165, 1.54) is 6.17 Å². The first-order valence-corrected chi connectivity index (χ1v) is 8.92. The van der Waals surface area contributed by atoms with Crippen LogP contribution < -0.4 is 5.32 Å². The van der Waals surface area contributed by atoms with E-state index in [4.69, 9.17) is 0 Å². The fraction of sp³-hybridized carbons (Fsp3) is 0.818. The SMILES string of the molecule is C=CCC(NC[Si](C)(C)C)C(C)C. The van der Waals surface area contributed by atoms with Crippen molar-refractivity contribution >= 4 is 8.07 Å². The topological polar surface area (TPSA) is 12.0 Å². The fourth-order valence-corrected chi connectivity index (χ4v) is 2.08. The zero-order chi connectivity index (χ0) is 10.5. The van der Waals surface area contributed by atoms with Crippen LogP contribution in [0.3, 0.4) is 0 Å². The predicted molar refractivity (Wildman–Crippen MR) is 64.8 cm³/mol. The lowest BCUT2D eigenvalue weighted by molar-refractivity contribution is 0.422. The van der Waals surface area contributed by atoms with E-state index in [1.807, 2.05) is 6.08 Å². The van der Waals surface area contributed by atoms with E-state index in [1.54, 1.807) is 0 Å². The van der Waals surface area contributed by atoms with E-state index in [-0.39, 0.29) is 0 Å². The smallest absolute Gasteiger partial charge is 0.0596 e. The molecule has 0 fully saturated rings. The van der Waals surface area contributed by atoms with E-state index in [9.17, 15) is 0 Å². The van der Waals surface area contributed by atoms with Gasteiger partial charge in [-0.15, -0.1) is 6.58 Å². The Morgan fingerprint density at radius 1 is 1.31 bits per heavy atom. The summed E-state index contributed by atoms with van der Waals surface area (Å²) >= 11 is 0. The third kappa shape index (κ3) is 7.02. The Balaban J connectivity index is 3.89. The molecule has 0 aromatic rings. The summed E-state index contributed by atoms with van der Waals surface area (Å²) in [4.78, 5) is 0. The molecule has 1 N–H and O–H groups in total. The summed E-state index contributed by atoms with van der Waals surface area (Å²) in [5.41, 5.74) is 0. The Labute approximate surface area is 84.6 Å². The van der Waals surface area contributed by atoms with Gasteiger partial charge in [-0.2, -0.15) is 0 Å². The fourth-order valence-electron chi connectivity index (χ4n) is 1.21. The molecule has 0 radical (unpaired) electrons. The molecular weight excluding hydrogens is 174 g/mol. The van der Waals surface area contributed by atoms with Crippen LogP contribution in [0.4, 0.5) is 0 Å². The van der Waals surface area contributed by atoms with Gasteiger partial charge in [0, 0.05) is 6.04 Å². The molecule has 1 atom stereocenters. The highest BCUT2D eigenvalue weighted by molar-refractivity contribution is 6.76. The van der Waals surface area contributed by atoms with Crippen LogP contribution in [0.15, 0.2) is 12.7 Å². The second-order valence-electron chi connectivity index (χ2n) is 5.32. The summed E-state index contributed by atoms with van der Waals surface area (Å²) < 4.78 is 0. The van der Waals surface area contributed by atoms with Crippen LogP contribution in [0.25, 0.3) is 0 Å². The van der Waals surface area contributed by atoms with Crippen LogP contribution >= 0.6 is 0 Å². The predicted octanol–water partition coefficient (Wildman–Crippen LogP) is 3.05. The van der Waals surface area contributed by atoms with E-state index < -0.39 is 8.07 Å². The van der Waals surface area contributed by atoms with Crippen molar-refractivity contribution in [1.82, 2.24) is 5.32 Å². The number of nitrogens with one attached hydrogen (secondary N) is 1. The summed E-state index contributed by atoms with van der Waals surface area (Å²) in [5.74, 6) is 0.703. The third-order valence-corrected chi connectivity index (χ3v) is 3.38. The minimum Gasteiger partial charge on any atom is -0.316 e. The molecule has 0 saturated carbocycles. The van der Waals surface area contributed by atoms with Gasteiger partial charge in [0.2, 0.25) is 0 Å². The molecule has 78 valence electrons. The van der Waals surface area contributed by atoms with Crippen molar-refractivity contribution < 1.29 is 0 Å². The molecule has 0 aromatic carbocycles. The summed E-state index contributed by atoms with van der Waals surface area (Å²) in [7, 11) is -0.940. The van der Waals surface area contributed by atoms with Gasteiger partial charge in [-0.1, -0.05) is 39.6 Å². The van der Waals surface area contributed by atoms with Crippen molar-refractivity contribution in [2.75, 3.05) is 6.17 Å². The van der Waals surface area contributed by atoms with Gasteiger partial charge in [-0.25, -0.2) is 0 Å². The summed E-state index contributed by atoms with van der Waals surface area (Å²) in [6, 6.07) is 0.615. The Bertz CT molecular complexity index is 147. The largest absolute Gasteiger partial charge is 0.316 e. The van der Waals surface area contributed by atoms with Crippen molar-refractivity contribution in [3.63, 3.8) is 0 Å². The first-order chi connectivity index (χ1) is 5.87. The van der Waals surface area contributed by atoms with Crippen LogP contribution in [-0.4, -0.2) is 20.3 Å². The van der Waals surface area contributed by atoms with Crippen LogP contribution in [0, 0.1) is 5.92 Å². The first-order valence-electron chi connectivity index (χ1n) is 5.21. The maximum atomic E-state index is 3.80. The van der Waals surface area contributed by atoms with Gasteiger partial charge in [0.15, 0.2) is 0 Å². The molecule has 1 nitrogen and oxygen atoms in total. The molecule has 0 aliphatic heterocycles. The van der Waals surface area contributed by atoms with Gasteiger partial charge < -0.3 is 5.32 Å². The average molecular weight is 199 g/mol. The molecule has 0 aliphatic rings. The molecule has 0 bridgehead atoms. The molecular formula is C11H25NSi. The maximum absolute atomic E-state index is 3.80. The van der Waals surface area contributed by atoms with E-state index in [2.05, 4.69) is 45.4 Å². The van der Waals surface area contributed by atoms with Crippen molar-refractivity contribution in [3.05, 3.63) is 12.7 Å². The Morgan fingerprint density at radius 3 is 2.15 bits per heavy atom. The highest BCUT2D eigenvalue weighted by Crippen LogP contribution is 2.08. The minimum absolute atomic E-state index is 0.615. The molecule has 1 unspecified atom stereocenters. The highest BCUT2D eigenvalue weighted by atomic mass is 28.3. The van der Waals surface area contributed by atoms with Crippen molar-refractivity contribution in [2.24, 2.45) is 5.92 Å². The standard InChI is InChI=1S/C11H25NSi/c1-7-8-11(10(2)3)12-9-13(4,5)6/h7,10-12H,1,8-9H2,2-6H3. The Morgan fingerprint density at radius 2 is 1.85 bits per heavy atom. The Hall–Kier alpha value is -0.0831. The van der Waals surface area contributed by atoms with E-state index in [0.29, 0.717) is 12.0 Å². The molecule has 0 aliphatic carbocycles. The molecule has 2 heteroatoms. The normalized spacial score (nSPS) is 14.6. The summed E-state index contributed by atoms with van der Waals surface area (Å²) in [5, 5.41) is 3.65. The van der Waals surface area contributed by atoms with E-state index in [0.717, 1.165) is 6.42 Å². The lowest BCUT2D eigenvalue weighted by atomic mass is 10.0. The van der Waals surface area contributed by atoms with Crippen LogP contribution in [0.2, 0.25) is 19.6 Å². The van der Waals surface area contributed by atoms with Gasteiger partial charge in [0.05, 0.1) is 8.07 Å². The molecule has 0 aromatic heterocycles. The second kappa shape index (κ2) is 5.61. The van der Waals surface area contributed by atoms with Crippen LogP contribution in [0.1, 0.15) is 20.3 Å². The number of hydrogen-bond acceptors (Lipinski definition) is 1. The van der Waals surface area contributed by atoms with E-state index >= 15 is 0 Å². The van der Waals surface area contributed by atoms with Crippen LogP contribution in [-0.2, 0) is 0 Å². The number of rotatable bonds is 6. The van der Waals surface area contributed by atoms with Crippen molar-refractivity contribution in [3.8, 4) is 0 Å². The molecule has 0 amide bonds. The molecule has 0 saturated heterocycles. The second-order valence-corrected chi connectivity index (χ2v) is 10.8. The third-order valence-electron chi connectivity index (χ3n) is 2.12. The molecule has 13 heavy (non-hydrogen) atoms. The maximum Gasteiger partial charge on any atom is 0.0596 e. The van der Waals surface area contributed by atoms with Crippen molar-refractivity contribution in [2.45, 2.75) is 46.0 Å². The minimum atomic E-state index is -0.940. The number of hydrogen-bond donors (Lipinski definition) is 1. The van der Waals surface area contributed by atoms with Gasteiger partial charge in [-0.05, 0) is 18.5 Å². The quantitative estimate of drug-likeness (QED) is 0.512. The zero-order valence-corrected chi connectivity index (χ0v) is 10.9. The zero-order valence-electron chi connectivity index (χ0n) is 9.85. The molecule has 0 spiro atoms. The Kier molecular flexibility index (Phi) is 5.57. The van der Waals surface area contributed by atoms with Gasteiger partial charge in [0.25, 0.3) is 0 Å². The van der Waals surface area contributed by atoms with Gasteiger partial charge in [-0.3, -0.25) is 0 Å². The molecule has 0 rings (SSSR count). The summed E-state index contributed by atoms with van der Waals surface area (Å²) in [6.45, 7) is 15.5. The lowest BCUT2D eigenvalue weighted by Gasteiger charge is -2.25. The molecule has 0 heterocycles. The first kappa shape index (κ1) is 12.9. The highest BCUT2D eigenvalue weighted by Gasteiger charge is 2.17. The van der Waals surface area contributed by atoms with Gasteiger partial charge in [0.1, 0.15) is 0 Å². The lowest BCUT2D eigenvalue weighted by Crippen LogP contribution is -2.43. The summed E-state index contributed by atoms with van der Waals surface area (Å²) in [6.07, 6.45) is 4.31. The van der Waals surface area contributed by atoms with Crippen molar-refractivity contribution in [1.29, 1.82) is 0 Å². The monoisotopic (exact) mass is 199 g/mol.